The minimum Gasteiger partial charge on any atom is -0.497 e. The lowest BCUT2D eigenvalue weighted by Crippen LogP contribution is -2.36. The summed E-state index contributed by atoms with van der Waals surface area (Å²) in [4.78, 5) is 24.5. The highest BCUT2D eigenvalue weighted by Crippen LogP contribution is 2.17. The number of halogens is 2. The molecular weight excluding hydrogens is 360 g/mol. The van der Waals surface area contributed by atoms with Crippen molar-refractivity contribution in [1.82, 2.24) is 4.90 Å². The second kappa shape index (κ2) is 9.51. The van der Waals surface area contributed by atoms with E-state index in [1.54, 1.807) is 24.3 Å². The molecule has 0 unspecified atom stereocenters. The molecule has 0 bridgehead atoms. The van der Waals surface area contributed by atoms with Gasteiger partial charge in [-0.1, -0.05) is 6.07 Å². The Labute approximate surface area is 154 Å². The number of carbonyl (C=O) groups is 2. The topological polar surface area (TPSA) is 76.1 Å². The number of aliphatic carboxylic acids is 1. The minimum absolute atomic E-state index is 0.0602. The normalized spacial score (nSPS) is 10.3. The smallest absolute Gasteiger partial charge is 0.305 e. The maximum absolute atomic E-state index is 13.4. The standard InChI is InChI=1S/C19H19F2NO5/c1-26-14-3-5-15(6-4-14)27-12-18(23)22(9-8-19(24)25)11-13-2-7-16(20)17(21)10-13/h2-7,10H,8-9,11-12H2,1H3,(H,24,25). The van der Waals surface area contributed by atoms with Crippen LogP contribution in [0.1, 0.15) is 12.0 Å². The number of methoxy groups -OCH3 is 1. The first-order valence-electron chi connectivity index (χ1n) is 8.09. The number of benzene rings is 2. The quantitative estimate of drug-likeness (QED) is 0.725. The van der Waals surface area contributed by atoms with E-state index in [-0.39, 0.29) is 26.1 Å². The monoisotopic (exact) mass is 379 g/mol. The summed E-state index contributed by atoms with van der Waals surface area (Å²) in [5, 5.41) is 8.86. The van der Waals surface area contributed by atoms with Gasteiger partial charge in [0.05, 0.1) is 13.5 Å². The van der Waals surface area contributed by atoms with Crippen LogP contribution in [0.2, 0.25) is 0 Å². The van der Waals surface area contributed by atoms with Crippen LogP contribution < -0.4 is 9.47 Å². The number of hydrogen-bond acceptors (Lipinski definition) is 4. The molecule has 0 atom stereocenters. The zero-order valence-electron chi connectivity index (χ0n) is 14.7. The highest BCUT2D eigenvalue weighted by molar-refractivity contribution is 5.78. The third-order valence-corrected chi connectivity index (χ3v) is 3.73. The third-order valence-electron chi connectivity index (χ3n) is 3.73. The molecule has 0 saturated carbocycles. The van der Waals surface area contributed by atoms with Gasteiger partial charge >= 0.3 is 5.97 Å². The van der Waals surface area contributed by atoms with Gasteiger partial charge < -0.3 is 19.5 Å². The van der Waals surface area contributed by atoms with Crippen molar-refractivity contribution >= 4 is 11.9 Å². The Morgan fingerprint density at radius 2 is 1.70 bits per heavy atom. The molecule has 0 aliphatic heterocycles. The van der Waals surface area contributed by atoms with E-state index in [4.69, 9.17) is 14.6 Å². The Bertz CT molecular complexity index is 795. The number of amides is 1. The van der Waals surface area contributed by atoms with Gasteiger partial charge in [-0.05, 0) is 42.0 Å². The lowest BCUT2D eigenvalue weighted by Gasteiger charge is -2.22. The molecule has 6 nitrogen and oxygen atoms in total. The van der Waals surface area contributed by atoms with E-state index in [0.717, 1.165) is 12.1 Å². The summed E-state index contributed by atoms with van der Waals surface area (Å²) >= 11 is 0. The van der Waals surface area contributed by atoms with Gasteiger partial charge in [-0.2, -0.15) is 0 Å². The van der Waals surface area contributed by atoms with Gasteiger partial charge in [0.15, 0.2) is 18.2 Å². The molecule has 0 radical (unpaired) electrons. The number of ether oxygens (including phenoxy) is 2. The number of carboxylic acids is 1. The molecule has 0 aliphatic rings. The number of hydrogen-bond donors (Lipinski definition) is 1. The van der Waals surface area contributed by atoms with Crippen LogP contribution in [0.15, 0.2) is 42.5 Å². The van der Waals surface area contributed by atoms with Crippen molar-refractivity contribution in [1.29, 1.82) is 0 Å². The molecule has 0 saturated heterocycles. The summed E-state index contributed by atoms with van der Waals surface area (Å²) in [5.74, 6) is -2.51. The SMILES string of the molecule is COc1ccc(OCC(=O)N(CCC(=O)O)Cc2ccc(F)c(F)c2)cc1. The third kappa shape index (κ3) is 6.25. The van der Waals surface area contributed by atoms with Crippen molar-refractivity contribution in [3.05, 3.63) is 59.7 Å². The van der Waals surface area contributed by atoms with Gasteiger partial charge in [-0.15, -0.1) is 0 Å². The van der Waals surface area contributed by atoms with Crippen molar-refractivity contribution in [2.24, 2.45) is 0 Å². The molecule has 144 valence electrons. The molecule has 27 heavy (non-hydrogen) atoms. The summed E-state index contributed by atoms with van der Waals surface area (Å²) in [6.07, 6.45) is -0.280. The predicted octanol–water partition coefficient (Wildman–Crippen LogP) is 2.86. The first-order valence-corrected chi connectivity index (χ1v) is 8.09. The second-order valence-electron chi connectivity index (χ2n) is 5.67. The van der Waals surface area contributed by atoms with Crippen molar-refractivity contribution in [2.45, 2.75) is 13.0 Å². The van der Waals surface area contributed by atoms with E-state index in [1.165, 1.54) is 18.1 Å². The highest BCUT2D eigenvalue weighted by Gasteiger charge is 2.17. The zero-order chi connectivity index (χ0) is 19.8. The number of nitrogens with zero attached hydrogens (tertiary/aromatic N) is 1. The Balaban J connectivity index is 2.03. The molecule has 2 aromatic rings. The zero-order valence-corrected chi connectivity index (χ0v) is 14.7. The first-order chi connectivity index (χ1) is 12.9. The fraction of sp³-hybridized carbons (Fsp3) is 0.263. The highest BCUT2D eigenvalue weighted by atomic mass is 19.2. The average Bonchev–Trinajstić information content (AvgIpc) is 2.66. The van der Waals surface area contributed by atoms with Gasteiger partial charge in [0.1, 0.15) is 11.5 Å². The van der Waals surface area contributed by atoms with Gasteiger partial charge in [-0.3, -0.25) is 9.59 Å². The molecule has 0 heterocycles. The average molecular weight is 379 g/mol. The maximum atomic E-state index is 13.4. The maximum Gasteiger partial charge on any atom is 0.305 e. The fourth-order valence-corrected chi connectivity index (χ4v) is 2.29. The summed E-state index contributed by atoms with van der Waals surface area (Å²) in [6, 6.07) is 9.86. The van der Waals surface area contributed by atoms with Crippen LogP contribution in [0.4, 0.5) is 8.78 Å². The van der Waals surface area contributed by atoms with Crippen LogP contribution in [0, 0.1) is 11.6 Å². The minimum atomic E-state index is -1.07. The number of carboxylic acid groups (broad SMARTS) is 1. The molecule has 0 aliphatic carbocycles. The fourth-order valence-electron chi connectivity index (χ4n) is 2.29. The number of rotatable bonds is 9. The van der Waals surface area contributed by atoms with Crippen molar-refractivity contribution < 1.29 is 33.0 Å². The lowest BCUT2D eigenvalue weighted by atomic mass is 10.2. The van der Waals surface area contributed by atoms with Gasteiger partial charge in [0, 0.05) is 13.1 Å². The van der Waals surface area contributed by atoms with Gasteiger partial charge in [0.2, 0.25) is 0 Å². The molecule has 8 heteroatoms. The van der Waals surface area contributed by atoms with E-state index in [1.807, 2.05) is 0 Å². The Kier molecular flexibility index (Phi) is 7.10. The first kappa shape index (κ1) is 20.2. The van der Waals surface area contributed by atoms with Crippen molar-refractivity contribution in [3.63, 3.8) is 0 Å². The van der Waals surface area contributed by atoms with E-state index in [9.17, 15) is 18.4 Å². The van der Waals surface area contributed by atoms with Gasteiger partial charge in [0.25, 0.3) is 5.91 Å². The van der Waals surface area contributed by atoms with Crippen LogP contribution in [0.25, 0.3) is 0 Å². The molecule has 0 spiro atoms. The predicted molar refractivity (Wildman–Crippen MR) is 92.5 cm³/mol. The van der Waals surface area contributed by atoms with Crippen LogP contribution in [0.5, 0.6) is 11.5 Å². The molecule has 1 amide bonds. The largest absolute Gasteiger partial charge is 0.497 e. The summed E-state index contributed by atoms with van der Waals surface area (Å²) in [5.41, 5.74) is 0.345. The van der Waals surface area contributed by atoms with Crippen LogP contribution in [-0.2, 0) is 16.1 Å². The number of carbonyl (C=O) groups excluding carboxylic acids is 1. The molecule has 2 rings (SSSR count). The summed E-state index contributed by atoms with van der Waals surface area (Å²) in [6.45, 7) is -0.468. The molecular formula is C19H19F2NO5. The molecule has 1 N–H and O–H groups in total. The molecule has 0 aromatic heterocycles. The van der Waals surface area contributed by atoms with Crippen LogP contribution >= 0.6 is 0 Å². The summed E-state index contributed by atoms with van der Waals surface area (Å²) in [7, 11) is 1.53. The van der Waals surface area contributed by atoms with E-state index in [2.05, 4.69) is 0 Å². The van der Waals surface area contributed by atoms with Crippen molar-refractivity contribution in [3.8, 4) is 11.5 Å². The Morgan fingerprint density at radius 3 is 2.30 bits per heavy atom. The van der Waals surface area contributed by atoms with E-state index in [0.29, 0.717) is 17.1 Å². The van der Waals surface area contributed by atoms with Crippen molar-refractivity contribution in [2.75, 3.05) is 20.3 Å². The lowest BCUT2D eigenvalue weighted by molar-refractivity contribution is -0.139. The molecule has 0 fully saturated rings. The van der Waals surface area contributed by atoms with Gasteiger partial charge in [-0.25, -0.2) is 8.78 Å². The second-order valence-corrected chi connectivity index (χ2v) is 5.67. The molecule has 2 aromatic carbocycles. The Morgan fingerprint density at radius 1 is 1.04 bits per heavy atom. The summed E-state index contributed by atoms with van der Waals surface area (Å²) < 4.78 is 36.9. The Hall–Kier alpha value is -3.16. The van der Waals surface area contributed by atoms with E-state index < -0.39 is 23.5 Å². The van der Waals surface area contributed by atoms with Crippen LogP contribution in [-0.4, -0.2) is 42.1 Å². The van der Waals surface area contributed by atoms with Crippen LogP contribution in [0.3, 0.4) is 0 Å². The van der Waals surface area contributed by atoms with E-state index >= 15 is 0 Å².